The fourth-order valence-electron chi connectivity index (χ4n) is 2.70. The lowest BCUT2D eigenvalue weighted by Crippen LogP contribution is -2.31. The molecule has 0 saturated heterocycles. The summed E-state index contributed by atoms with van der Waals surface area (Å²) in [5, 5.41) is 20.2. The molecule has 0 aromatic heterocycles. The number of nitrogens with zero attached hydrogens (tertiary/aromatic N) is 2. The summed E-state index contributed by atoms with van der Waals surface area (Å²) in [4.78, 5) is 12.3. The van der Waals surface area contributed by atoms with E-state index in [-0.39, 0.29) is 11.4 Å². The molecule has 0 spiro atoms. The summed E-state index contributed by atoms with van der Waals surface area (Å²) >= 11 is 1.50. The largest absolute Gasteiger partial charge is 0.372 e. The first-order valence-electron chi connectivity index (χ1n) is 8.52. The van der Waals surface area contributed by atoms with Crippen LogP contribution in [-0.4, -0.2) is 32.3 Å². The van der Waals surface area contributed by atoms with Crippen molar-refractivity contribution < 1.29 is 13.3 Å². The summed E-state index contributed by atoms with van der Waals surface area (Å²) in [7, 11) is -1.16. The summed E-state index contributed by atoms with van der Waals surface area (Å²) in [5.41, 5.74) is -0.276. The second-order valence-electron chi connectivity index (χ2n) is 6.63. The average molecular weight is 425 g/mol. The van der Waals surface area contributed by atoms with E-state index in [1.165, 1.54) is 28.8 Å². The van der Waals surface area contributed by atoms with Gasteiger partial charge in [-0.15, -0.1) is 0 Å². The number of nitro groups is 1. The Morgan fingerprint density at radius 1 is 1.21 bits per heavy atom. The summed E-state index contributed by atoms with van der Waals surface area (Å²) < 4.78 is 24.6. The highest BCUT2D eigenvalue weighted by Crippen LogP contribution is 2.42. The highest BCUT2D eigenvalue weighted by molar-refractivity contribution is 8.00. The van der Waals surface area contributed by atoms with E-state index in [0.717, 1.165) is 4.90 Å². The van der Waals surface area contributed by atoms with Crippen LogP contribution in [0.2, 0.25) is 0 Å². The van der Waals surface area contributed by atoms with E-state index in [2.05, 4.69) is 5.32 Å². The first kappa shape index (κ1) is 22.0. The van der Waals surface area contributed by atoms with Gasteiger partial charge in [0.15, 0.2) is 4.90 Å². The Hall–Kier alpha value is -2.30. The number of nitrogens with two attached hydrogens (primary N) is 1. The Bertz CT molecular complexity index is 965. The van der Waals surface area contributed by atoms with Gasteiger partial charge in [-0.1, -0.05) is 36.9 Å². The molecule has 3 N–H and O–H groups in total. The molecule has 10 heteroatoms. The van der Waals surface area contributed by atoms with Crippen LogP contribution in [0.25, 0.3) is 0 Å². The number of nitrogens with one attached hydrogen (secondary N) is 1. The van der Waals surface area contributed by atoms with Gasteiger partial charge in [-0.25, -0.2) is 13.6 Å². The lowest BCUT2D eigenvalue weighted by atomic mass is 10.2. The smallest absolute Gasteiger partial charge is 0.314 e. The number of anilines is 2. The van der Waals surface area contributed by atoms with Crippen LogP contribution in [0.3, 0.4) is 0 Å². The maximum absolute atomic E-state index is 12.3. The second kappa shape index (κ2) is 8.38. The van der Waals surface area contributed by atoms with Crippen molar-refractivity contribution in [2.45, 2.75) is 34.9 Å². The summed E-state index contributed by atoms with van der Waals surface area (Å²) in [6, 6.07) is 12.6. The number of hydrogen-bond donors (Lipinski definition) is 2. The third kappa shape index (κ3) is 4.94. The molecule has 0 aliphatic heterocycles. The number of thioether (sulfide) groups is 1. The number of nitro benzene ring substituents is 1. The molecular weight excluding hydrogens is 400 g/mol. The molecule has 2 aromatic carbocycles. The first-order chi connectivity index (χ1) is 13.0. The van der Waals surface area contributed by atoms with Gasteiger partial charge in [0.05, 0.1) is 15.5 Å². The van der Waals surface area contributed by atoms with Crippen LogP contribution in [0.4, 0.5) is 17.1 Å². The Morgan fingerprint density at radius 3 is 2.29 bits per heavy atom. The highest BCUT2D eigenvalue weighted by Gasteiger charge is 2.34. The van der Waals surface area contributed by atoms with Crippen molar-refractivity contribution in [3.05, 3.63) is 52.6 Å². The minimum Gasteiger partial charge on any atom is -0.372 e. The molecule has 0 bridgehead atoms. The zero-order valence-electron chi connectivity index (χ0n) is 16.2. The standard InChI is InChI=1S/C18H24N4O4S2/c1-5-18(2,27-13-9-7-6-8-10-13)20-14-11-12-15(21(3)4)16(22(23)24)17(14)28(19,25)26/h6-12,20H,5H2,1-4H3,(H2,19,25,26). The van der Waals surface area contributed by atoms with Gasteiger partial charge in [0.25, 0.3) is 0 Å². The van der Waals surface area contributed by atoms with Crippen molar-refractivity contribution >= 4 is 38.8 Å². The van der Waals surface area contributed by atoms with Crippen molar-refractivity contribution in [2.24, 2.45) is 5.14 Å². The fourth-order valence-corrected chi connectivity index (χ4v) is 4.70. The van der Waals surface area contributed by atoms with Gasteiger partial charge in [-0.2, -0.15) is 0 Å². The molecule has 0 radical (unpaired) electrons. The second-order valence-corrected chi connectivity index (χ2v) is 9.71. The Kier molecular flexibility index (Phi) is 6.58. The van der Waals surface area contributed by atoms with Crippen LogP contribution < -0.4 is 15.4 Å². The van der Waals surface area contributed by atoms with Crippen molar-refractivity contribution in [3.63, 3.8) is 0 Å². The number of hydrogen-bond acceptors (Lipinski definition) is 7. The quantitative estimate of drug-likeness (QED) is 0.287. The maximum Gasteiger partial charge on any atom is 0.314 e. The van der Waals surface area contributed by atoms with Crippen LogP contribution >= 0.6 is 11.8 Å². The molecule has 0 saturated carbocycles. The third-order valence-corrected chi connectivity index (χ3v) is 6.55. The van der Waals surface area contributed by atoms with Crippen LogP contribution in [0, 0.1) is 10.1 Å². The molecule has 0 amide bonds. The molecule has 1 unspecified atom stereocenters. The predicted molar refractivity (Wildman–Crippen MR) is 113 cm³/mol. The van der Waals surface area contributed by atoms with Crippen LogP contribution in [0.1, 0.15) is 20.3 Å². The Labute approximate surface area is 169 Å². The van der Waals surface area contributed by atoms with Crippen molar-refractivity contribution in [1.29, 1.82) is 0 Å². The lowest BCUT2D eigenvalue weighted by molar-refractivity contribution is -0.386. The van der Waals surface area contributed by atoms with E-state index in [9.17, 15) is 18.5 Å². The van der Waals surface area contributed by atoms with E-state index in [1.54, 1.807) is 14.1 Å². The zero-order valence-corrected chi connectivity index (χ0v) is 17.8. The predicted octanol–water partition coefficient (Wildman–Crippen LogP) is 3.64. The van der Waals surface area contributed by atoms with Crippen LogP contribution in [-0.2, 0) is 10.0 Å². The summed E-state index contributed by atoms with van der Waals surface area (Å²) in [6.45, 7) is 3.85. The van der Waals surface area contributed by atoms with E-state index >= 15 is 0 Å². The van der Waals surface area contributed by atoms with E-state index in [0.29, 0.717) is 6.42 Å². The molecule has 28 heavy (non-hydrogen) atoms. The number of sulfonamides is 1. The molecule has 0 aliphatic carbocycles. The molecule has 152 valence electrons. The molecule has 0 aliphatic rings. The number of rotatable bonds is 8. The zero-order chi connectivity index (χ0) is 21.1. The van der Waals surface area contributed by atoms with Gasteiger partial charge in [0.2, 0.25) is 10.0 Å². The minimum absolute atomic E-state index is 0.104. The normalized spacial score (nSPS) is 13.6. The van der Waals surface area contributed by atoms with Crippen molar-refractivity contribution in [3.8, 4) is 0 Å². The van der Waals surface area contributed by atoms with Gasteiger partial charge >= 0.3 is 5.69 Å². The van der Waals surface area contributed by atoms with Crippen molar-refractivity contribution in [2.75, 3.05) is 24.3 Å². The van der Waals surface area contributed by atoms with E-state index in [4.69, 9.17) is 5.14 Å². The summed E-state index contributed by atoms with van der Waals surface area (Å²) in [6.07, 6.45) is 0.625. The molecule has 1 atom stereocenters. The molecule has 8 nitrogen and oxygen atoms in total. The van der Waals surface area contributed by atoms with Gasteiger partial charge in [0.1, 0.15) is 5.69 Å². The minimum atomic E-state index is -4.36. The Balaban J connectivity index is 2.61. The van der Waals surface area contributed by atoms with Gasteiger partial charge in [0, 0.05) is 19.0 Å². The molecular formula is C18H24N4O4S2. The monoisotopic (exact) mass is 424 g/mol. The fraction of sp³-hybridized carbons (Fsp3) is 0.333. The Morgan fingerprint density at radius 2 is 1.82 bits per heavy atom. The molecule has 0 heterocycles. The highest BCUT2D eigenvalue weighted by atomic mass is 32.2. The number of primary sulfonamides is 1. The topological polar surface area (TPSA) is 119 Å². The summed E-state index contributed by atoms with van der Waals surface area (Å²) in [5.74, 6) is 0. The van der Waals surface area contributed by atoms with Gasteiger partial charge < -0.3 is 10.2 Å². The molecule has 2 aromatic rings. The van der Waals surface area contributed by atoms with Crippen molar-refractivity contribution in [1.82, 2.24) is 0 Å². The van der Waals surface area contributed by atoms with Gasteiger partial charge in [-0.3, -0.25) is 10.1 Å². The average Bonchev–Trinajstić information content (AvgIpc) is 2.60. The lowest BCUT2D eigenvalue weighted by Gasteiger charge is -2.31. The maximum atomic E-state index is 12.3. The van der Waals surface area contributed by atoms with Crippen LogP contribution in [0.5, 0.6) is 0 Å². The van der Waals surface area contributed by atoms with E-state index < -0.39 is 30.4 Å². The molecule has 0 fully saturated rings. The van der Waals surface area contributed by atoms with Gasteiger partial charge in [-0.05, 0) is 37.6 Å². The molecule has 2 rings (SSSR count). The number of benzene rings is 2. The third-order valence-electron chi connectivity index (χ3n) is 4.22. The van der Waals surface area contributed by atoms with E-state index in [1.807, 2.05) is 44.2 Å². The first-order valence-corrected chi connectivity index (χ1v) is 10.9. The van der Waals surface area contributed by atoms with Crippen LogP contribution in [0.15, 0.2) is 52.3 Å². The SMILES string of the molecule is CCC(C)(Nc1ccc(N(C)C)c([N+](=O)[O-])c1S(N)(=O)=O)Sc1ccccc1.